The van der Waals surface area contributed by atoms with E-state index in [1.54, 1.807) is 30.3 Å². The molecule has 2 aromatic rings. The van der Waals surface area contributed by atoms with Crippen molar-refractivity contribution in [1.82, 2.24) is 14.5 Å². The molecular weight excluding hydrogens is 599 g/mol. The Bertz CT molecular complexity index is 1560. The lowest BCUT2D eigenvalue weighted by Crippen LogP contribution is -2.65. The summed E-state index contributed by atoms with van der Waals surface area (Å²) in [5.74, 6) is -1.53. The lowest BCUT2D eigenvalue weighted by atomic mass is 9.58. The fourth-order valence-corrected chi connectivity index (χ4v) is 8.00. The third-order valence-electron chi connectivity index (χ3n) is 8.74. The van der Waals surface area contributed by atoms with Crippen molar-refractivity contribution >= 4 is 56.6 Å². The molecule has 0 aliphatic carbocycles. The van der Waals surface area contributed by atoms with Crippen LogP contribution in [0.5, 0.6) is 0 Å². The molecule has 224 valence electrons. The van der Waals surface area contributed by atoms with Crippen molar-refractivity contribution in [2.24, 2.45) is 0 Å². The van der Waals surface area contributed by atoms with Gasteiger partial charge >= 0.3 is 0 Å². The van der Waals surface area contributed by atoms with E-state index < -0.39 is 27.4 Å². The number of nitrogens with zero attached hydrogens (tertiary/aromatic N) is 2. The summed E-state index contributed by atoms with van der Waals surface area (Å²) in [6, 6.07) is 11.4. The number of benzene rings is 2. The monoisotopic (exact) mass is 632 g/mol. The molecule has 2 saturated heterocycles. The molecule has 0 bridgehead atoms. The van der Waals surface area contributed by atoms with Crippen molar-refractivity contribution in [1.29, 1.82) is 0 Å². The molecule has 3 heterocycles. The highest BCUT2D eigenvalue weighted by atomic mass is 35.5. The summed E-state index contributed by atoms with van der Waals surface area (Å²) in [7, 11) is -3.30. The van der Waals surface area contributed by atoms with Gasteiger partial charge in [-0.15, -0.1) is 0 Å². The Kier molecular flexibility index (Phi) is 8.46. The van der Waals surface area contributed by atoms with Crippen molar-refractivity contribution < 1.29 is 22.8 Å². The van der Waals surface area contributed by atoms with Gasteiger partial charge in [0.25, 0.3) is 0 Å². The van der Waals surface area contributed by atoms with E-state index in [0.717, 1.165) is 5.56 Å². The van der Waals surface area contributed by atoms with Crippen molar-refractivity contribution in [3.05, 3.63) is 75.8 Å². The number of fused-ring (bicyclic) bond motifs is 2. The maximum absolute atomic E-state index is 14.3. The molecule has 2 aromatic carbocycles. The Morgan fingerprint density at radius 2 is 1.81 bits per heavy atom. The van der Waals surface area contributed by atoms with E-state index in [1.807, 2.05) is 19.1 Å². The van der Waals surface area contributed by atoms with Gasteiger partial charge in [-0.05, 0) is 54.7 Å². The lowest BCUT2D eigenvalue weighted by Gasteiger charge is -2.52. The molecule has 3 atom stereocenters. The van der Waals surface area contributed by atoms with E-state index in [4.69, 9.17) is 23.2 Å². The molecule has 0 saturated carbocycles. The Balaban J connectivity index is 1.53. The minimum atomic E-state index is -3.30. The first kappa shape index (κ1) is 30.5. The maximum Gasteiger partial charge on any atom is 0.239 e. The number of amides is 3. The van der Waals surface area contributed by atoms with Gasteiger partial charge < -0.3 is 15.5 Å². The molecular formula is C30H34Cl2N4O5S. The number of likely N-dealkylation sites (tertiary alicyclic amines) is 1. The fourth-order valence-electron chi connectivity index (χ4n) is 6.76. The predicted molar refractivity (Wildman–Crippen MR) is 163 cm³/mol. The number of carbonyl (C=O) groups excluding carboxylic acids is 3. The molecule has 0 aromatic heterocycles. The number of anilines is 1. The first-order valence-electron chi connectivity index (χ1n) is 13.9. The van der Waals surface area contributed by atoms with Crippen molar-refractivity contribution in [3.63, 3.8) is 0 Å². The summed E-state index contributed by atoms with van der Waals surface area (Å²) in [6.07, 6.45) is 2.56. The molecule has 9 nitrogen and oxygen atoms in total. The third kappa shape index (κ3) is 5.45. The Labute approximate surface area is 256 Å². The van der Waals surface area contributed by atoms with E-state index in [9.17, 15) is 22.8 Å². The number of carbonyl (C=O) groups is 3. The van der Waals surface area contributed by atoms with Crippen LogP contribution in [0.15, 0.2) is 54.6 Å². The number of hydrogen-bond acceptors (Lipinski definition) is 5. The second kappa shape index (κ2) is 11.6. The van der Waals surface area contributed by atoms with E-state index in [-0.39, 0.29) is 36.7 Å². The zero-order valence-corrected chi connectivity index (χ0v) is 25.9. The van der Waals surface area contributed by atoms with Crippen LogP contribution in [0.2, 0.25) is 10.0 Å². The first-order chi connectivity index (χ1) is 19.9. The second-order valence-electron chi connectivity index (χ2n) is 11.3. The lowest BCUT2D eigenvalue weighted by molar-refractivity contribution is -0.147. The Morgan fingerprint density at radius 3 is 2.45 bits per heavy atom. The highest BCUT2D eigenvalue weighted by Crippen LogP contribution is 2.56. The van der Waals surface area contributed by atoms with Crippen molar-refractivity contribution in [3.8, 4) is 0 Å². The van der Waals surface area contributed by atoms with Crippen LogP contribution in [-0.2, 0) is 29.8 Å². The third-order valence-corrected chi connectivity index (χ3v) is 10.5. The van der Waals surface area contributed by atoms with Gasteiger partial charge in [0.15, 0.2) is 0 Å². The van der Waals surface area contributed by atoms with Gasteiger partial charge in [0.2, 0.25) is 27.7 Å². The Morgan fingerprint density at radius 1 is 1.12 bits per heavy atom. The fraction of sp³-hybridized carbons (Fsp3) is 0.433. The quantitative estimate of drug-likeness (QED) is 0.446. The summed E-state index contributed by atoms with van der Waals surface area (Å²) >= 11 is 12.7. The van der Waals surface area contributed by atoms with Gasteiger partial charge in [0, 0.05) is 47.2 Å². The van der Waals surface area contributed by atoms with Crippen LogP contribution >= 0.6 is 23.2 Å². The predicted octanol–water partition coefficient (Wildman–Crippen LogP) is 4.07. The van der Waals surface area contributed by atoms with Crippen molar-refractivity contribution in [2.45, 2.75) is 56.0 Å². The van der Waals surface area contributed by atoms with Gasteiger partial charge in [-0.25, -0.2) is 12.7 Å². The largest absolute Gasteiger partial charge is 0.352 e. The SMILES string of the molecule is C=C(CC)[C@H]1N(CC(=O)NC2CCN(S(C)(=O)=O)CC2)C(=O)C[C@@H](c2cccc(Cl)c2)[C@]12C(=O)Nc1cc(Cl)ccc12. The van der Waals surface area contributed by atoms with Gasteiger partial charge in [-0.1, -0.05) is 60.5 Å². The van der Waals surface area contributed by atoms with Crippen molar-refractivity contribution in [2.75, 3.05) is 31.2 Å². The highest BCUT2D eigenvalue weighted by molar-refractivity contribution is 7.88. The number of rotatable bonds is 7. The molecule has 0 unspecified atom stereocenters. The zero-order chi connectivity index (χ0) is 30.4. The molecule has 0 radical (unpaired) electrons. The van der Waals surface area contributed by atoms with Gasteiger partial charge in [-0.3, -0.25) is 14.4 Å². The summed E-state index contributed by atoms with van der Waals surface area (Å²) in [6.45, 7) is 6.57. The molecule has 3 aliphatic heterocycles. The maximum atomic E-state index is 14.3. The number of hydrogen-bond donors (Lipinski definition) is 2. The summed E-state index contributed by atoms with van der Waals surface area (Å²) in [5, 5.41) is 6.93. The number of nitrogens with one attached hydrogen (secondary N) is 2. The van der Waals surface area contributed by atoms with Crippen LogP contribution in [0.1, 0.15) is 49.7 Å². The van der Waals surface area contributed by atoms with Crippen LogP contribution in [-0.4, -0.2) is 73.3 Å². The van der Waals surface area contributed by atoms with Gasteiger partial charge in [0.1, 0.15) is 12.0 Å². The molecule has 42 heavy (non-hydrogen) atoms. The Hall–Kier alpha value is -2.92. The van der Waals surface area contributed by atoms with E-state index in [2.05, 4.69) is 17.2 Å². The van der Waals surface area contributed by atoms with Gasteiger partial charge in [0.05, 0.1) is 12.3 Å². The molecule has 5 rings (SSSR count). The minimum absolute atomic E-state index is 0.0245. The summed E-state index contributed by atoms with van der Waals surface area (Å²) in [4.78, 5) is 43.1. The minimum Gasteiger partial charge on any atom is -0.352 e. The van der Waals surface area contributed by atoms with E-state index >= 15 is 0 Å². The zero-order valence-electron chi connectivity index (χ0n) is 23.5. The van der Waals surface area contributed by atoms with Crippen LogP contribution in [0.25, 0.3) is 0 Å². The van der Waals surface area contributed by atoms with Crippen LogP contribution in [0.3, 0.4) is 0 Å². The number of piperidine rings is 2. The summed E-state index contributed by atoms with van der Waals surface area (Å²) in [5.41, 5.74) is 1.34. The normalized spacial score (nSPS) is 24.9. The number of sulfonamides is 1. The average Bonchev–Trinajstić information content (AvgIpc) is 3.20. The van der Waals surface area contributed by atoms with E-state index in [0.29, 0.717) is 59.2 Å². The van der Waals surface area contributed by atoms with Crippen LogP contribution < -0.4 is 10.6 Å². The highest BCUT2D eigenvalue weighted by Gasteiger charge is 2.63. The first-order valence-corrected chi connectivity index (χ1v) is 16.5. The molecule has 3 amide bonds. The average molecular weight is 634 g/mol. The molecule has 12 heteroatoms. The van der Waals surface area contributed by atoms with Crippen LogP contribution in [0.4, 0.5) is 5.69 Å². The molecule has 1 spiro atoms. The smallest absolute Gasteiger partial charge is 0.239 e. The molecule has 2 N–H and O–H groups in total. The van der Waals surface area contributed by atoms with Crippen LogP contribution in [0, 0.1) is 0 Å². The molecule has 2 fully saturated rings. The van der Waals surface area contributed by atoms with E-state index in [1.165, 1.54) is 15.5 Å². The second-order valence-corrected chi connectivity index (χ2v) is 14.1. The van der Waals surface area contributed by atoms with Gasteiger partial charge in [-0.2, -0.15) is 0 Å². The number of halogens is 2. The standard InChI is InChI=1S/C30H34Cl2N4O5S/c1-4-18(2)28-30(23-9-8-21(32)15-25(23)34-29(30)39)24(19-6-5-7-20(31)14-19)16-27(38)36(28)17-26(37)33-22-10-12-35(13-11-22)42(3,40)41/h5-9,14-15,22,24,28H,2,4,10-13,16-17H2,1,3H3,(H,33,37)(H,34,39)/t24-,28+,30-/m0/s1. The molecule has 3 aliphatic rings. The topological polar surface area (TPSA) is 116 Å². The summed E-state index contributed by atoms with van der Waals surface area (Å²) < 4.78 is 25.2.